The molecule has 0 aromatic rings. The molecule has 1 rings (SSSR count). The lowest BCUT2D eigenvalue weighted by molar-refractivity contribution is 0.180. The van der Waals surface area contributed by atoms with Crippen molar-refractivity contribution < 1.29 is 4.74 Å². The molecule has 1 aliphatic rings. The fraction of sp³-hybridized carbons (Fsp3) is 0.941. The first kappa shape index (κ1) is 20.2. The van der Waals surface area contributed by atoms with E-state index in [9.17, 15) is 0 Å². The predicted molar refractivity (Wildman–Crippen MR) is 98.2 cm³/mol. The van der Waals surface area contributed by atoms with Gasteiger partial charge in [0.05, 0.1) is 0 Å². The van der Waals surface area contributed by atoms with Gasteiger partial charge in [-0.15, -0.1) is 0 Å². The minimum Gasteiger partial charge on any atom is -0.385 e. The van der Waals surface area contributed by atoms with Crippen LogP contribution in [0.2, 0.25) is 0 Å². The minimum atomic E-state index is 0.710. The van der Waals surface area contributed by atoms with E-state index in [1.165, 1.54) is 19.5 Å². The summed E-state index contributed by atoms with van der Waals surface area (Å²) in [7, 11) is 3.91. The molecule has 0 saturated carbocycles. The van der Waals surface area contributed by atoms with Gasteiger partial charge in [0.1, 0.15) is 0 Å². The second kappa shape index (κ2) is 12.6. The summed E-state index contributed by atoms with van der Waals surface area (Å²) in [6.07, 6.45) is 2.36. The highest BCUT2D eigenvalue weighted by Crippen LogP contribution is 2.15. The van der Waals surface area contributed by atoms with E-state index in [0.29, 0.717) is 5.92 Å². The SMILES string of the molecule is CCNC(=NCC1CCN(CC)C1)NCCN(C)CCCOC. The third-order valence-corrected chi connectivity index (χ3v) is 4.34. The van der Waals surface area contributed by atoms with Crippen LogP contribution >= 0.6 is 0 Å². The van der Waals surface area contributed by atoms with Crippen molar-refractivity contribution in [3.8, 4) is 0 Å². The Morgan fingerprint density at radius 2 is 2.13 bits per heavy atom. The number of methoxy groups -OCH3 is 1. The normalized spacial score (nSPS) is 19.5. The quantitative estimate of drug-likeness (QED) is 0.335. The zero-order valence-corrected chi connectivity index (χ0v) is 15.6. The first-order valence-corrected chi connectivity index (χ1v) is 9.11. The Bertz CT molecular complexity index is 324. The molecule has 6 nitrogen and oxygen atoms in total. The van der Waals surface area contributed by atoms with Crippen molar-refractivity contribution in [1.82, 2.24) is 20.4 Å². The van der Waals surface area contributed by atoms with Gasteiger partial charge in [0.25, 0.3) is 0 Å². The van der Waals surface area contributed by atoms with E-state index < -0.39 is 0 Å². The Hall–Kier alpha value is -0.850. The van der Waals surface area contributed by atoms with E-state index in [-0.39, 0.29) is 0 Å². The van der Waals surface area contributed by atoms with E-state index in [4.69, 9.17) is 9.73 Å². The summed E-state index contributed by atoms with van der Waals surface area (Å²) in [6.45, 7) is 13.6. The number of guanidine groups is 1. The largest absolute Gasteiger partial charge is 0.385 e. The molecule has 1 saturated heterocycles. The smallest absolute Gasteiger partial charge is 0.191 e. The van der Waals surface area contributed by atoms with E-state index in [0.717, 1.165) is 58.3 Å². The van der Waals surface area contributed by atoms with Gasteiger partial charge in [-0.25, -0.2) is 0 Å². The van der Waals surface area contributed by atoms with Crippen molar-refractivity contribution in [3.63, 3.8) is 0 Å². The second-order valence-electron chi connectivity index (χ2n) is 6.34. The molecule has 0 amide bonds. The first-order chi connectivity index (χ1) is 11.2. The van der Waals surface area contributed by atoms with Crippen molar-refractivity contribution in [2.75, 3.05) is 73.1 Å². The molecule has 0 spiro atoms. The number of nitrogens with zero attached hydrogens (tertiary/aromatic N) is 3. The van der Waals surface area contributed by atoms with Gasteiger partial charge < -0.3 is 25.2 Å². The van der Waals surface area contributed by atoms with E-state index in [1.807, 2.05) is 0 Å². The standard InChI is InChI=1S/C17H37N5O/c1-5-18-17(19-9-12-21(3)10-7-13-23-4)20-14-16-8-11-22(6-2)15-16/h16H,5-15H2,1-4H3,(H2,18,19,20). The number of ether oxygens (including phenoxy) is 1. The number of nitrogens with one attached hydrogen (secondary N) is 2. The first-order valence-electron chi connectivity index (χ1n) is 9.11. The molecule has 0 aliphatic carbocycles. The van der Waals surface area contributed by atoms with Gasteiger partial charge >= 0.3 is 0 Å². The van der Waals surface area contributed by atoms with Gasteiger partial charge in [0, 0.05) is 53.0 Å². The Morgan fingerprint density at radius 1 is 1.30 bits per heavy atom. The summed E-state index contributed by atoms with van der Waals surface area (Å²) in [5.74, 6) is 1.66. The highest BCUT2D eigenvalue weighted by molar-refractivity contribution is 5.79. The molecule has 23 heavy (non-hydrogen) atoms. The monoisotopic (exact) mass is 327 g/mol. The van der Waals surface area contributed by atoms with E-state index in [1.54, 1.807) is 7.11 Å². The Morgan fingerprint density at radius 3 is 2.78 bits per heavy atom. The summed E-state index contributed by atoms with van der Waals surface area (Å²) >= 11 is 0. The molecule has 0 aromatic carbocycles. The van der Waals surface area contributed by atoms with E-state index >= 15 is 0 Å². The molecule has 0 aromatic heterocycles. The zero-order chi connectivity index (χ0) is 16.9. The van der Waals surface area contributed by atoms with Crippen LogP contribution in [-0.2, 0) is 4.74 Å². The summed E-state index contributed by atoms with van der Waals surface area (Å²) in [5, 5.41) is 6.79. The maximum Gasteiger partial charge on any atom is 0.191 e. The Kier molecular flexibility index (Phi) is 11.0. The highest BCUT2D eigenvalue weighted by atomic mass is 16.5. The van der Waals surface area contributed by atoms with Crippen molar-refractivity contribution in [2.24, 2.45) is 10.9 Å². The van der Waals surface area contributed by atoms with Crippen LogP contribution in [0.3, 0.4) is 0 Å². The highest BCUT2D eigenvalue weighted by Gasteiger charge is 2.20. The number of likely N-dealkylation sites (tertiary alicyclic amines) is 1. The number of hydrogen-bond donors (Lipinski definition) is 2. The fourth-order valence-corrected chi connectivity index (χ4v) is 2.87. The van der Waals surface area contributed by atoms with Crippen molar-refractivity contribution in [3.05, 3.63) is 0 Å². The molecular formula is C17H37N5O. The van der Waals surface area contributed by atoms with Gasteiger partial charge in [-0.3, -0.25) is 4.99 Å². The van der Waals surface area contributed by atoms with Crippen LogP contribution in [0.5, 0.6) is 0 Å². The second-order valence-corrected chi connectivity index (χ2v) is 6.34. The third-order valence-electron chi connectivity index (χ3n) is 4.34. The minimum absolute atomic E-state index is 0.710. The van der Waals surface area contributed by atoms with Crippen LogP contribution in [-0.4, -0.2) is 88.9 Å². The summed E-state index contributed by atoms with van der Waals surface area (Å²) in [4.78, 5) is 9.60. The zero-order valence-electron chi connectivity index (χ0n) is 15.6. The van der Waals surface area contributed by atoms with Gasteiger partial charge in [-0.05, 0) is 45.8 Å². The van der Waals surface area contributed by atoms with Crippen molar-refractivity contribution in [1.29, 1.82) is 0 Å². The maximum atomic E-state index is 5.09. The van der Waals surface area contributed by atoms with Gasteiger partial charge in [-0.2, -0.15) is 0 Å². The van der Waals surface area contributed by atoms with Crippen molar-refractivity contribution >= 4 is 5.96 Å². The fourth-order valence-electron chi connectivity index (χ4n) is 2.87. The molecule has 1 atom stereocenters. The molecule has 1 heterocycles. The molecule has 1 aliphatic heterocycles. The van der Waals surface area contributed by atoms with Crippen LogP contribution in [0.4, 0.5) is 0 Å². The van der Waals surface area contributed by atoms with Crippen LogP contribution < -0.4 is 10.6 Å². The van der Waals surface area contributed by atoms with Crippen LogP contribution in [0.15, 0.2) is 4.99 Å². The third kappa shape index (κ3) is 9.13. The predicted octanol–water partition coefficient (Wildman–Crippen LogP) is 0.852. The Balaban J connectivity index is 2.24. The summed E-state index contributed by atoms with van der Waals surface area (Å²) in [6, 6.07) is 0. The lowest BCUT2D eigenvalue weighted by Gasteiger charge is -2.18. The van der Waals surface area contributed by atoms with Gasteiger partial charge in [-0.1, -0.05) is 6.92 Å². The lowest BCUT2D eigenvalue weighted by Crippen LogP contribution is -2.41. The molecule has 136 valence electrons. The van der Waals surface area contributed by atoms with Gasteiger partial charge in [0.2, 0.25) is 0 Å². The average molecular weight is 328 g/mol. The number of rotatable bonds is 11. The molecule has 2 N–H and O–H groups in total. The molecule has 6 heteroatoms. The van der Waals surface area contributed by atoms with Crippen LogP contribution in [0, 0.1) is 5.92 Å². The topological polar surface area (TPSA) is 52.1 Å². The molecule has 1 unspecified atom stereocenters. The summed E-state index contributed by atoms with van der Waals surface area (Å²) < 4.78 is 5.09. The number of aliphatic imine (C=N–C) groups is 1. The average Bonchev–Trinajstić information content (AvgIpc) is 3.01. The molecule has 0 radical (unpaired) electrons. The number of hydrogen-bond acceptors (Lipinski definition) is 4. The summed E-state index contributed by atoms with van der Waals surface area (Å²) in [5.41, 5.74) is 0. The molecular weight excluding hydrogens is 290 g/mol. The molecule has 1 fully saturated rings. The van der Waals surface area contributed by atoms with Crippen LogP contribution in [0.1, 0.15) is 26.7 Å². The molecule has 0 bridgehead atoms. The maximum absolute atomic E-state index is 5.09. The lowest BCUT2D eigenvalue weighted by atomic mass is 10.1. The Labute approximate surface area is 142 Å². The van der Waals surface area contributed by atoms with Crippen LogP contribution in [0.25, 0.3) is 0 Å². The van der Waals surface area contributed by atoms with Gasteiger partial charge in [0.15, 0.2) is 5.96 Å². The number of likely N-dealkylation sites (N-methyl/N-ethyl adjacent to an activating group) is 1. The van der Waals surface area contributed by atoms with E-state index in [2.05, 4.69) is 41.3 Å². The van der Waals surface area contributed by atoms with Crippen molar-refractivity contribution in [2.45, 2.75) is 26.7 Å².